The molecule has 0 aromatic carbocycles. The van der Waals surface area contributed by atoms with Crippen molar-refractivity contribution < 1.29 is 9.52 Å². The Hall–Kier alpha value is -0.800. The Kier molecular flexibility index (Phi) is 4.84. The number of hydrogen-bond donors (Lipinski definition) is 2. The average molecular weight is 251 g/mol. The van der Waals surface area contributed by atoms with Gasteiger partial charge in [-0.05, 0) is 43.6 Å². The molecule has 18 heavy (non-hydrogen) atoms. The highest BCUT2D eigenvalue weighted by molar-refractivity contribution is 5.13. The third-order valence-corrected chi connectivity index (χ3v) is 4.24. The van der Waals surface area contributed by atoms with Gasteiger partial charge in [-0.1, -0.05) is 13.8 Å². The monoisotopic (exact) mass is 251 g/mol. The van der Waals surface area contributed by atoms with Crippen LogP contribution in [-0.2, 0) is 0 Å². The molecule has 0 radical (unpaired) electrons. The van der Waals surface area contributed by atoms with Crippen LogP contribution in [0.15, 0.2) is 23.0 Å². The summed E-state index contributed by atoms with van der Waals surface area (Å²) in [5, 5.41) is 12.8. The maximum Gasteiger partial charge on any atom is 0.0950 e. The normalized spacial score (nSPS) is 30.3. The minimum Gasteiger partial charge on any atom is -0.472 e. The molecular weight excluding hydrogens is 226 g/mol. The summed E-state index contributed by atoms with van der Waals surface area (Å²) in [5.74, 6) is 1.13. The van der Waals surface area contributed by atoms with E-state index in [1.165, 1.54) is 18.4 Å². The first-order valence-electron chi connectivity index (χ1n) is 7.09. The molecule has 0 amide bonds. The maximum atomic E-state index is 9.10. The highest BCUT2D eigenvalue weighted by Gasteiger charge is 2.28. The van der Waals surface area contributed by atoms with Crippen LogP contribution >= 0.6 is 0 Å². The molecule has 0 aliphatic carbocycles. The SMILES string of the molecule is C[C@H](CO)CC[C@H]1N[C@@H](c2ccoc2)CC[C@@H]1C. The predicted molar refractivity (Wildman–Crippen MR) is 72.3 cm³/mol. The molecule has 1 aliphatic heterocycles. The third-order valence-electron chi connectivity index (χ3n) is 4.24. The fraction of sp³-hybridized carbons (Fsp3) is 0.733. The molecule has 102 valence electrons. The summed E-state index contributed by atoms with van der Waals surface area (Å²) in [5.41, 5.74) is 1.27. The summed E-state index contributed by atoms with van der Waals surface area (Å²) in [7, 11) is 0. The van der Waals surface area contributed by atoms with Gasteiger partial charge in [-0.3, -0.25) is 0 Å². The summed E-state index contributed by atoms with van der Waals surface area (Å²) >= 11 is 0. The number of nitrogens with one attached hydrogen (secondary N) is 1. The molecule has 3 nitrogen and oxygen atoms in total. The first-order chi connectivity index (χ1) is 8.70. The van der Waals surface area contributed by atoms with Gasteiger partial charge in [0, 0.05) is 24.3 Å². The van der Waals surface area contributed by atoms with Gasteiger partial charge in [0.05, 0.1) is 12.5 Å². The molecule has 1 fully saturated rings. The molecule has 0 bridgehead atoms. The Morgan fingerprint density at radius 2 is 2.33 bits per heavy atom. The van der Waals surface area contributed by atoms with E-state index in [4.69, 9.17) is 9.52 Å². The Morgan fingerprint density at radius 1 is 1.50 bits per heavy atom. The van der Waals surface area contributed by atoms with E-state index in [2.05, 4.69) is 25.2 Å². The second-order valence-corrected chi connectivity index (χ2v) is 5.80. The first kappa shape index (κ1) is 13.6. The molecule has 0 saturated carbocycles. The van der Waals surface area contributed by atoms with Crippen LogP contribution in [0.5, 0.6) is 0 Å². The van der Waals surface area contributed by atoms with E-state index in [-0.39, 0.29) is 0 Å². The van der Waals surface area contributed by atoms with Crippen molar-refractivity contribution in [2.45, 2.75) is 51.6 Å². The molecule has 0 spiro atoms. The Morgan fingerprint density at radius 3 is 3.00 bits per heavy atom. The van der Waals surface area contributed by atoms with E-state index >= 15 is 0 Å². The van der Waals surface area contributed by atoms with E-state index in [1.807, 2.05) is 6.26 Å². The lowest BCUT2D eigenvalue weighted by Crippen LogP contribution is -2.42. The van der Waals surface area contributed by atoms with Crippen molar-refractivity contribution in [3.05, 3.63) is 24.2 Å². The molecule has 3 heteroatoms. The van der Waals surface area contributed by atoms with Crippen LogP contribution in [0.3, 0.4) is 0 Å². The fourth-order valence-electron chi connectivity index (χ4n) is 2.80. The smallest absolute Gasteiger partial charge is 0.0950 e. The van der Waals surface area contributed by atoms with E-state index < -0.39 is 0 Å². The van der Waals surface area contributed by atoms with Crippen LogP contribution in [0, 0.1) is 11.8 Å². The molecular formula is C15H25NO2. The van der Waals surface area contributed by atoms with Crippen LogP contribution in [0.2, 0.25) is 0 Å². The number of furan rings is 1. The fourth-order valence-corrected chi connectivity index (χ4v) is 2.80. The minimum atomic E-state index is 0.298. The van der Waals surface area contributed by atoms with Crippen molar-refractivity contribution in [2.24, 2.45) is 11.8 Å². The number of rotatable bonds is 5. The van der Waals surface area contributed by atoms with Gasteiger partial charge in [-0.25, -0.2) is 0 Å². The highest BCUT2D eigenvalue weighted by Crippen LogP contribution is 2.31. The lowest BCUT2D eigenvalue weighted by atomic mass is 9.84. The lowest BCUT2D eigenvalue weighted by Gasteiger charge is -2.36. The van der Waals surface area contributed by atoms with Gasteiger partial charge in [0.1, 0.15) is 0 Å². The standard InChI is InChI=1S/C15H25NO2/c1-11(9-17)3-5-14-12(2)4-6-15(16-14)13-7-8-18-10-13/h7-8,10-12,14-17H,3-6,9H2,1-2H3/t11-,12-,14+,15+/m0/s1. The second kappa shape index (κ2) is 6.39. The second-order valence-electron chi connectivity index (χ2n) is 5.80. The Labute approximate surface area is 110 Å². The van der Waals surface area contributed by atoms with Gasteiger partial charge in [0.2, 0.25) is 0 Å². The molecule has 4 atom stereocenters. The Bertz CT molecular complexity index is 336. The van der Waals surface area contributed by atoms with Gasteiger partial charge in [0.25, 0.3) is 0 Å². The number of piperidine rings is 1. The van der Waals surface area contributed by atoms with Crippen LogP contribution in [0.1, 0.15) is 51.1 Å². The van der Waals surface area contributed by atoms with Crippen LogP contribution in [-0.4, -0.2) is 17.8 Å². The van der Waals surface area contributed by atoms with Crippen molar-refractivity contribution >= 4 is 0 Å². The zero-order valence-electron chi connectivity index (χ0n) is 11.4. The van der Waals surface area contributed by atoms with E-state index in [0.29, 0.717) is 24.6 Å². The molecule has 0 unspecified atom stereocenters. The zero-order valence-corrected chi connectivity index (χ0v) is 11.4. The number of aliphatic hydroxyl groups is 1. The van der Waals surface area contributed by atoms with E-state index in [0.717, 1.165) is 18.8 Å². The summed E-state index contributed by atoms with van der Waals surface area (Å²) in [6.07, 6.45) is 8.29. The molecule has 2 heterocycles. The van der Waals surface area contributed by atoms with Crippen molar-refractivity contribution in [3.63, 3.8) is 0 Å². The van der Waals surface area contributed by atoms with Crippen molar-refractivity contribution in [1.82, 2.24) is 5.32 Å². The van der Waals surface area contributed by atoms with Crippen molar-refractivity contribution in [3.8, 4) is 0 Å². The van der Waals surface area contributed by atoms with Gasteiger partial charge in [-0.2, -0.15) is 0 Å². The molecule has 2 rings (SSSR count). The summed E-state index contributed by atoms with van der Waals surface area (Å²) < 4.78 is 5.17. The van der Waals surface area contributed by atoms with Gasteiger partial charge in [-0.15, -0.1) is 0 Å². The zero-order chi connectivity index (χ0) is 13.0. The largest absolute Gasteiger partial charge is 0.472 e. The lowest BCUT2D eigenvalue weighted by molar-refractivity contribution is 0.195. The molecule has 1 aromatic heterocycles. The summed E-state index contributed by atoms with van der Waals surface area (Å²) in [4.78, 5) is 0. The summed E-state index contributed by atoms with van der Waals surface area (Å²) in [6, 6.07) is 3.06. The maximum absolute atomic E-state index is 9.10. The van der Waals surface area contributed by atoms with Crippen LogP contribution in [0.4, 0.5) is 0 Å². The minimum absolute atomic E-state index is 0.298. The van der Waals surface area contributed by atoms with Gasteiger partial charge < -0.3 is 14.8 Å². The van der Waals surface area contributed by atoms with Crippen molar-refractivity contribution in [2.75, 3.05) is 6.61 Å². The summed E-state index contributed by atoms with van der Waals surface area (Å²) in [6.45, 7) is 4.74. The highest BCUT2D eigenvalue weighted by atomic mass is 16.3. The number of aliphatic hydroxyl groups excluding tert-OH is 1. The van der Waals surface area contributed by atoms with Gasteiger partial charge >= 0.3 is 0 Å². The molecule has 2 N–H and O–H groups in total. The Balaban J connectivity index is 1.88. The van der Waals surface area contributed by atoms with E-state index in [9.17, 15) is 0 Å². The topological polar surface area (TPSA) is 45.4 Å². The van der Waals surface area contributed by atoms with Crippen LogP contribution < -0.4 is 5.32 Å². The quantitative estimate of drug-likeness (QED) is 0.845. The molecule has 1 aromatic rings. The van der Waals surface area contributed by atoms with E-state index in [1.54, 1.807) is 6.26 Å². The predicted octanol–water partition coefficient (Wildman–Crippen LogP) is 3.12. The van der Waals surface area contributed by atoms with Crippen molar-refractivity contribution in [1.29, 1.82) is 0 Å². The first-order valence-corrected chi connectivity index (χ1v) is 7.09. The average Bonchev–Trinajstić information content (AvgIpc) is 2.91. The molecule has 1 aliphatic rings. The third kappa shape index (κ3) is 3.36. The number of hydrogen-bond acceptors (Lipinski definition) is 3. The van der Waals surface area contributed by atoms with Crippen LogP contribution in [0.25, 0.3) is 0 Å². The molecule has 1 saturated heterocycles. The van der Waals surface area contributed by atoms with Gasteiger partial charge in [0.15, 0.2) is 0 Å².